The molecule has 0 fully saturated rings. The maximum atomic E-state index is 11.2. The SMILES string of the molecule is O=[N+]([O-])c1nn(-c2ccc(Cl)cc2)n(O)c1=NCc1ccccc1. The number of aromatic nitrogens is 3. The van der Waals surface area contributed by atoms with Gasteiger partial charge in [-0.05, 0) is 39.5 Å². The molecule has 0 atom stereocenters. The van der Waals surface area contributed by atoms with Gasteiger partial charge in [-0.1, -0.05) is 46.8 Å². The zero-order valence-electron chi connectivity index (χ0n) is 12.3. The van der Waals surface area contributed by atoms with E-state index in [-0.39, 0.29) is 12.0 Å². The molecule has 1 N–H and O–H groups in total. The molecule has 0 aliphatic rings. The molecule has 2 aromatic carbocycles. The standard InChI is InChI=1S/C15H12ClN5O3/c16-12-6-8-13(9-7-12)19-18-15(21(23)24)14(20(19)22)17-10-11-4-2-1-3-5-11/h1-9,22H,10H2. The first-order valence-electron chi connectivity index (χ1n) is 6.92. The molecular weight excluding hydrogens is 334 g/mol. The molecule has 0 bridgehead atoms. The molecular formula is C15H12ClN5O3. The summed E-state index contributed by atoms with van der Waals surface area (Å²) in [4.78, 5) is 16.2. The van der Waals surface area contributed by atoms with Crippen molar-refractivity contribution < 1.29 is 10.1 Å². The van der Waals surface area contributed by atoms with E-state index in [1.807, 2.05) is 30.3 Å². The van der Waals surface area contributed by atoms with Gasteiger partial charge in [-0.25, -0.2) is 0 Å². The van der Waals surface area contributed by atoms with E-state index in [2.05, 4.69) is 10.1 Å². The van der Waals surface area contributed by atoms with Crippen molar-refractivity contribution in [1.82, 2.24) is 14.7 Å². The average Bonchev–Trinajstić information content (AvgIpc) is 2.92. The molecule has 0 saturated heterocycles. The van der Waals surface area contributed by atoms with Crippen molar-refractivity contribution in [2.45, 2.75) is 6.54 Å². The fraction of sp³-hybridized carbons (Fsp3) is 0.0667. The maximum Gasteiger partial charge on any atom is 0.438 e. The van der Waals surface area contributed by atoms with Gasteiger partial charge in [0, 0.05) is 5.02 Å². The minimum Gasteiger partial charge on any atom is -0.409 e. The summed E-state index contributed by atoms with van der Waals surface area (Å²) in [5, 5.41) is 25.8. The molecule has 9 heteroatoms. The summed E-state index contributed by atoms with van der Waals surface area (Å²) in [6.07, 6.45) is 0. The smallest absolute Gasteiger partial charge is 0.409 e. The van der Waals surface area contributed by atoms with Crippen LogP contribution in [0.1, 0.15) is 5.56 Å². The Morgan fingerprint density at radius 1 is 1.17 bits per heavy atom. The van der Waals surface area contributed by atoms with Crippen LogP contribution in [-0.2, 0) is 6.54 Å². The Kier molecular flexibility index (Phi) is 4.30. The largest absolute Gasteiger partial charge is 0.438 e. The summed E-state index contributed by atoms with van der Waals surface area (Å²) >= 11 is 5.82. The second-order valence-electron chi connectivity index (χ2n) is 4.86. The van der Waals surface area contributed by atoms with E-state index in [4.69, 9.17) is 11.6 Å². The van der Waals surface area contributed by atoms with Gasteiger partial charge in [-0.2, -0.15) is 0 Å². The van der Waals surface area contributed by atoms with Crippen molar-refractivity contribution in [3.05, 3.63) is 80.8 Å². The molecule has 3 rings (SSSR count). The van der Waals surface area contributed by atoms with Crippen LogP contribution in [0.15, 0.2) is 59.6 Å². The van der Waals surface area contributed by atoms with Crippen LogP contribution in [0, 0.1) is 10.1 Å². The molecule has 0 radical (unpaired) electrons. The number of nitro groups is 1. The second kappa shape index (κ2) is 6.55. The summed E-state index contributed by atoms with van der Waals surface area (Å²) in [5.74, 6) is -0.539. The highest BCUT2D eigenvalue weighted by Gasteiger charge is 2.23. The maximum absolute atomic E-state index is 11.2. The van der Waals surface area contributed by atoms with Gasteiger partial charge in [-0.15, -0.1) is 0 Å². The van der Waals surface area contributed by atoms with Crippen LogP contribution in [0.25, 0.3) is 5.69 Å². The van der Waals surface area contributed by atoms with Gasteiger partial charge in [-0.3, -0.25) is 4.99 Å². The molecule has 0 unspecified atom stereocenters. The van der Waals surface area contributed by atoms with Crippen LogP contribution >= 0.6 is 11.6 Å². The number of hydrogen-bond acceptors (Lipinski definition) is 5. The molecule has 0 aliphatic heterocycles. The van der Waals surface area contributed by atoms with Gasteiger partial charge in [0.2, 0.25) is 0 Å². The molecule has 1 heterocycles. The summed E-state index contributed by atoms with van der Waals surface area (Å²) in [6.45, 7) is 0.175. The molecule has 1 aromatic heterocycles. The predicted octanol–water partition coefficient (Wildman–Crippen LogP) is 2.57. The monoisotopic (exact) mass is 345 g/mol. The fourth-order valence-electron chi connectivity index (χ4n) is 2.10. The third-order valence-electron chi connectivity index (χ3n) is 3.24. The number of rotatable bonds is 4. The zero-order chi connectivity index (χ0) is 17.1. The fourth-order valence-corrected chi connectivity index (χ4v) is 2.23. The van der Waals surface area contributed by atoms with E-state index >= 15 is 0 Å². The summed E-state index contributed by atoms with van der Waals surface area (Å²) in [7, 11) is 0. The summed E-state index contributed by atoms with van der Waals surface area (Å²) < 4.78 is 0. The van der Waals surface area contributed by atoms with Crippen LogP contribution in [0.5, 0.6) is 0 Å². The topological polar surface area (TPSA) is 98.5 Å². The van der Waals surface area contributed by atoms with Crippen LogP contribution in [0.2, 0.25) is 5.02 Å². The number of nitrogens with zero attached hydrogens (tertiary/aromatic N) is 5. The van der Waals surface area contributed by atoms with Crippen molar-refractivity contribution in [3.63, 3.8) is 0 Å². The average molecular weight is 346 g/mol. The normalized spacial score (nSPS) is 11.6. The molecule has 122 valence electrons. The first-order chi connectivity index (χ1) is 11.6. The molecule has 0 aliphatic carbocycles. The molecule has 8 nitrogen and oxygen atoms in total. The Balaban J connectivity index is 2.08. The first-order valence-corrected chi connectivity index (χ1v) is 7.30. The molecule has 24 heavy (non-hydrogen) atoms. The van der Waals surface area contributed by atoms with E-state index < -0.39 is 10.7 Å². The molecule has 0 spiro atoms. The van der Waals surface area contributed by atoms with Crippen molar-refractivity contribution in [3.8, 4) is 5.69 Å². The highest BCUT2D eigenvalue weighted by atomic mass is 35.5. The highest BCUT2D eigenvalue weighted by Crippen LogP contribution is 2.13. The van der Waals surface area contributed by atoms with Gasteiger partial charge in [0.1, 0.15) is 5.69 Å². The Bertz CT molecular complexity index is 932. The van der Waals surface area contributed by atoms with E-state index in [0.717, 1.165) is 10.4 Å². The van der Waals surface area contributed by atoms with Gasteiger partial charge < -0.3 is 15.3 Å². The van der Waals surface area contributed by atoms with Crippen molar-refractivity contribution in [1.29, 1.82) is 0 Å². The third kappa shape index (κ3) is 3.13. The van der Waals surface area contributed by atoms with Crippen molar-refractivity contribution in [2.75, 3.05) is 0 Å². The number of benzene rings is 2. The minimum absolute atomic E-state index is 0.175. The molecule has 0 amide bonds. The lowest BCUT2D eigenvalue weighted by molar-refractivity contribution is -0.391. The predicted molar refractivity (Wildman–Crippen MR) is 86.1 cm³/mol. The van der Waals surface area contributed by atoms with E-state index in [9.17, 15) is 15.3 Å². The quantitative estimate of drug-likeness (QED) is 0.446. The highest BCUT2D eigenvalue weighted by molar-refractivity contribution is 6.30. The van der Waals surface area contributed by atoms with Gasteiger partial charge in [0.05, 0.1) is 11.6 Å². The number of halogens is 1. The third-order valence-corrected chi connectivity index (χ3v) is 3.50. The lowest BCUT2D eigenvalue weighted by Crippen LogP contribution is -2.22. The van der Waals surface area contributed by atoms with Crippen molar-refractivity contribution >= 4 is 17.4 Å². The Morgan fingerprint density at radius 2 is 1.83 bits per heavy atom. The van der Waals surface area contributed by atoms with Gasteiger partial charge in [0.15, 0.2) is 0 Å². The van der Waals surface area contributed by atoms with Crippen LogP contribution < -0.4 is 5.49 Å². The first kappa shape index (κ1) is 15.8. The number of hydrogen-bond donors (Lipinski definition) is 1. The summed E-state index contributed by atoms with van der Waals surface area (Å²) in [6, 6.07) is 15.5. The van der Waals surface area contributed by atoms with E-state index in [1.165, 1.54) is 0 Å². The zero-order valence-corrected chi connectivity index (χ0v) is 13.0. The van der Waals surface area contributed by atoms with Crippen LogP contribution in [-0.4, -0.2) is 24.9 Å². The summed E-state index contributed by atoms with van der Waals surface area (Å²) in [5.41, 5.74) is 1.02. The molecule has 3 aromatic rings. The second-order valence-corrected chi connectivity index (χ2v) is 5.30. The van der Waals surface area contributed by atoms with E-state index in [0.29, 0.717) is 15.6 Å². The Labute approximate surface area is 141 Å². The molecule has 0 saturated carbocycles. The van der Waals surface area contributed by atoms with Crippen LogP contribution in [0.3, 0.4) is 0 Å². The lowest BCUT2D eigenvalue weighted by Gasteiger charge is -1.99. The van der Waals surface area contributed by atoms with Gasteiger partial charge in [0.25, 0.3) is 5.49 Å². The van der Waals surface area contributed by atoms with Gasteiger partial charge >= 0.3 is 5.82 Å². The minimum atomic E-state index is -0.692. The van der Waals surface area contributed by atoms with Crippen molar-refractivity contribution in [2.24, 2.45) is 4.99 Å². The van der Waals surface area contributed by atoms with Crippen LogP contribution in [0.4, 0.5) is 5.82 Å². The lowest BCUT2D eigenvalue weighted by atomic mass is 10.2. The Hall–Kier alpha value is -3.13. The Morgan fingerprint density at radius 3 is 2.46 bits per heavy atom. The van der Waals surface area contributed by atoms with E-state index in [1.54, 1.807) is 24.3 Å².